The lowest BCUT2D eigenvalue weighted by molar-refractivity contribution is -0.123. The van der Waals surface area contributed by atoms with Gasteiger partial charge < -0.3 is 10.6 Å². The number of carbonyl (C=O) groups is 1. The summed E-state index contributed by atoms with van der Waals surface area (Å²) >= 11 is 0. The number of carbonyl (C=O) groups excluding carboxylic acids is 1. The first-order valence-electron chi connectivity index (χ1n) is 8.04. The van der Waals surface area contributed by atoms with Crippen LogP contribution in [0, 0.1) is 11.8 Å². The van der Waals surface area contributed by atoms with E-state index >= 15 is 0 Å². The van der Waals surface area contributed by atoms with E-state index in [0.29, 0.717) is 12.0 Å². The molecule has 1 aliphatic rings. The van der Waals surface area contributed by atoms with Crippen molar-refractivity contribution >= 4 is 5.91 Å². The molecule has 0 aromatic rings. The Morgan fingerprint density at radius 3 is 2.16 bits per heavy atom. The van der Waals surface area contributed by atoms with Crippen LogP contribution in [0.5, 0.6) is 0 Å². The maximum atomic E-state index is 12.0. The van der Waals surface area contributed by atoms with Crippen molar-refractivity contribution in [2.75, 3.05) is 6.54 Å². The summed E-state index contributed by atoms with van der Waals surface area (Å²) in [5.41, 5.74) is 0. The zero-order chi connectivity index (χ0) is 14.3. The summed E-state index contributed by atoms with van der Waals surface area (Å²) in [5.74, 6) is 1.38. The highest BCUT2D eigenvalue weighted by atomic mass is 16.2. The van der Waals surface area contributed by atoms with Crippen LogP contribution in [0.4, 0.5) is 0 Å². The van der Waals surface area contributed by atoms with Crippen LogP contribution in [-0.2, 0) is 4.79 Å². The van der Waals surface area contributed by atoms with E-state index in [9.17, 15) is 4.79 Å². The third-order valence-electron chi connectivity index (χ3n) is 4.20. The molecule has 2 atom stereocenters. The Balaban J connectivity index is 2.33. The van der Waals surface area contributed by atoms with Crippen LogP contribution < -0.4 is 10.6 Å². The summed E-state index contributed by atoms with van der Waals surface area (Å²) in [7, 11) is 0. The van der Waals surface area contributed by atoms with Gasteiger partial charge in [-0.15, -0.1) is 0 Å². The number of hydrogen-bond donors (Lipinski definition) is 2. The molecule has 1 rings (SSSR count). The molecule has 2 N–H and O–H groups in total. The molecule has 0 heterocycles. The van der Waals surface area contributed by atoms with E-state index in [0.717, 1.165) is 12.5 Å². The van der Waals surface area contributed by atoms with Gasteiger partial charge in [-0.1, -0.05) is 39.5 Å². The van der Waals surface area contributed by atoms with Crippen molar-refractivity contribution in [3.63, 3.8) is 0 Å². The minimum Gasteiger partial charge on any atom is -0.354 e. The molecule has 0 aromatic carbocycles. The fourth-order valence-electron chi connectivity index (χ4n) is 2.87. The molecule has 1 aliphatic carbocycles. The van der Waals surface area contributed by atoms with Crippen LogP contribution in [0.2, 0.25) is 0 Å². The van der Waals surface area contributed by atoms with E-state index in [2.05, 4.69) is 31.4 Å². The first-order chi connectivity index (χ1) is 9.00. The molecule has 112 valence electrons. The average molecular weight is 268 g/mol. The Morgan fingerprint density at radius 1 is 1.05 bits per heavy atom. The second kappa shape index (κ2) is 8.57. The van der Waals surface area contributed by atoms with E-state index in [4.69, 9.17) is 0 Å². The summed E-state index contributed by atoms with van der Waals surface area (Å²) in [6.07, 6.45) is 8.10. The van der Waals surface area contributed by atoms with Gasteiger partial charge in [0, 0.05) is 12.6 Å². The van der Waals surface area contributed by atoms with Crippen molar-refractivity contribution in [1.82, 2.24) is 10.6 Å². The van der Waals surface area contributed by atoms with Crippen molar-refractivity contribution < 1.29 is 4.79 Å². The molecule has 3 nitrogen and oxygen atoms in total. The minimum atomic E-state index is -0.0861. The quantitative estimate of drug-likeness (QED) is 0.727. The molecular formula is C16H32N2O. The Morgan fingerprint density at radius 2 is 1.63 bits per heavy atom. The highest BCUT2D eigenvalue weighted by molar-refractivity contribution is 5.81. The van der Waals surface area contributed by atoms with Crippen molar-refractivity contribution in [3.05, 3.63) is 0 Å². The largest absolute Gasteiger partial charge is 0.354 e. The zero-order valence-corrected chi connectivity index (χ0v) is 13.2. The van der Waals surface area contributed by atoms with Gasteiger partial charge in [-0.05, 0) is 38.5 Å². The van der Waals surface area contributed by atoms with Crippen molar-refractivity contribution in [3.8, 4) is 0 Å². The number of hydrogen-bond acceptors (Lipinski definition) is 2. The molecule has 1 amide bonds. The van der Waals surface area contributed by atoms with E-state index in [1.165, 1.54) is 38.5 Å². The molecule has 0 bridgehead atoms. The van der Waals surface area contributed by atoms with Crippen molar-refractivity contribution in [1.29, 1.82) is 0 Å². The Labute approximate surface area is 118 Å². The maximum Gasteiger partial charge on any atom is 0.236 e. The molecular weight excluding hydrogens is 236 g/mol. The van der Waals surface area contributed by atoms with Gasteiger partial charge in [-0.25, -0.2) is 0 Å². The monoisotopic (exact) mass is 268 g/mol. The fourth-order valence-corrected chi connectivity index (χ4v) is 2.87. The molecule has 0 radical (unpaired) electrons. The zero-order valence-electron chi connectivity index (χ0n) is 13.2. The van der Waals surface area contributed by atoms with Crippen LogP contribution in [0.3, 0.4) is 0 Å². The molecule has 0 aliphatic heterocycles. The highest BCUT2D eigenvalue weighted by Crippen LogP contribution is 2.25. The summed E-state index contributed by atoms with van der Waals surface area (Å²) < 4.78 is 0. The second-order valence-electron chi connectivity index (χ2n) is 6.57. The lowest BCUT2D eigenvalue weighted by Crippen LogP contribution is -2.48. The fraction of sp³-hybridized carbons (Fsp3) is 0.938. The smallest absolute Gasteiger partial charge is 0.236 e. The van der Waals surface area contributed by atoms with E-state index in [1.807, 2.05) is 6.92 Å². The Kier molecular flexibility index (Phi) is 7.44. The van der Waals surface area contributed by atoms with Crippen LogP contribution in [0.15, 0.2) is 0 Å². The molecule has 0 saturated heterocycles. The summed E-state index contributed by atoms with van der Waals surface area (Å²) in [6, 6.07) is 0.356. The van der Waals surface area contributed by atoms with Gasteiger partial charge in [0.2, 0.25) is 5.91 Å². The standard InChI is InChI=1S/C16H32N2O/c1-12(2)11-17-16(19)14(4)18-13(3)15-9-7-5-6-8-10-15/h12-15,18H,5-11H2,1-4H3,(H,17,19)/t13-,14?/m0/s1. The normalized spacial score (nSPS) is 20.9. The third kappa shape index (κ3) is 6.42. The number of nitrogens with one attached hydrogen (secondary N) is 2. The summed E-state index contributed by atoms with van der Waals surface area (Å²) in [6.45, 7) is 9.22. The topological polar surface area (TPSA) is 41.1 Å². The predicted octanol–water partition coefficient (Wildman–Crippen LogP) is 3.10. The van der Waals surface area contributed by atoms with Crippen LogP contribution >= 0.6 is 0 Å². The summed E-state index contributed by atoms with van der Waals surface area (Å²) in [4.78, 5) is 12.0. The van der Waals surface area contributed by atoms with Crippen molar-refractivity contribution in [2.45, 2.75) is 78.3 Å². The van der Waals surface area contributed by atoms with Gasteiger partial charge in [0.05, 0.1) is 6.04 Å². The molecule has 1 unspecified atom stereocenters. The van der Waals surface area contributed by atoms with Gasteiger partial charge in [0.1, 0.15) is 0 Å². The van der Waals surface area contributed by atoms with Gasteiger partial charge in [-0.2, -0.15) is 0 Å². The number of rotatable bonds is 6. The van der Waals surface area contributed by atoms with Crippen molar-refractivity contribution in [2.24, 2.45) is 11.8 Å². The van der Waals surface area contributed by atoms with E-state index < -0.39 is 0 Å². The molecule has 0 aromatic heterocycles. The maximum absolute atomic E-state index is 12.0. The predicted molar refractivity (Wildman–Crippen MR) is 81.1 cm³/mol. The molecule has 1 fully saturated rings. The van der Waals surface area contributed by atoms with Gasteiger partial charge in [0.15, 0.2) is 0 Å². The van der Waals surface area contributed by atoms with Crippen LogP contribution in [-0.4, -0.2) is 24.5 Å². The second-order valence-corrected chi connectivity index (χ2v) is 6.57. The summed E-state index contributed by atoms with van der Waals surface area (Å²) in [5, 5.41) is 6.49. The van der Waals surface area contributed by atoms with Gasteiger partial charge in [0.25, 0.3) is 0 Å². The van der Waals surface area contributed by atoms with Crippen LogP contribution in [0.25, 0.3) is 0 Å². The molecule has 3 heteroatoms. The Bertz CT molecular complexity index is 257. The molecule has 0 spiro atoms. The lowest BCUT2D eigenvalue weighted by Gasteiger charge is -2.27. The average Bonchev–Trinajstić information content (AvgIpc) is 2.64. The van der Waals surface area contributed by atoms with E-state index in [1.54, 1.807) is 0 Å². The first-order valence-corrected chi connectivity index (χ1v) is 8.04. The first kappa shape index (κ1) is 16.5. The van der Waals surface area contributed by atoms with Gasteiger partial charge >= 0.3 is 0 Å². The highest BCUT2D eigenvalue weighted by Gasteiger charge is 2.22. The SMILES string of the molecule is CC(C)CNC(=O)C(C)N[C@@H](C)C1CCCCCC1. The molecule has 1 saturated carbocycles. The van der Waals surface area contributed by atoms with Crippen LogP contribution in [0.1, 0.15) is 66.2 Å². The minimum absolute atomic E-state index is 0.0861. The Hall–Kier alpha value is -0.570. The number of amides is 1. The molecule has 19 heavy (non-hydrogen) atoms. The third-order valence-corrected chi connectivity index (χ3v) is 4.20. The lowest BCUT2D eigenvalue weighted by atomic mass is 9.92. The van der Waals surface area contributed by atoms with E-state index in [-0.39, 0.29) is 11.9 Å². The van der Waals surface area contributed by atoms with Gasteiger partial charge in [-0.3, -0.25) is 4.79 Å².